The van der Waals surface area contributed by atoms with Crippen LogP contribution in [0.4, 0.5) is 4.39 Å². The molecular formula is C11H9ClFN3O. The Hall–Kier alpha value is -1.72. The lowest BCUT2D eigenvalue weighted by Gasteiger charge is -2.07. The second kappa shape index (κ2) is 5.07. The Kier molecular flexibility index (Phi) is 3.51. The number of hydrogen-bond acceptors (Lipinski definition) is 4. The Morgan fingerprint density at radius 1 is 1.29 bits per heavy atom. The first-order chi connectivity index (χ1) is 8.20. The van der Waals surface area contributed by atoms with Crippen molar-refractivity contribution in [2.45, 2.75) is 6.54 Å². The third kappa shape index (κ3) is 2.69. The fraction of sp³-hybridized carbons (Fsp3) is 0.0909. The molecule has 2 N–H and O–H groups in total. The summed E-state index contributed by atoms with van der Waals surface area (Å²) in [6, 6.07) is 4.13. The molecule has 1 aromatic carbocycles. The minimum atomic E-state index is -0.553. The molecule has 0 aliphatic heterocycles. The molecule has 17 heavy (non-hydrogen) atoms. The highest BCUT2D eigenvalue weighted by molar-refractivity contribution is 6.30. The van der Waals surface area contributed by atoms with E-state index in [0.29, 0.717) is 11.4 Å². The van der Waals surface area contributed by atoms with E-state index in [2.05, 4.69) is 9.97 Å². The molecule has 0 fully saturated rings. The van der Waals surface area contributed by atoms with Crippen molar-refractivity contribution in [1.82, 2.24) is 9.97 Å². The van der Waals surface area contributed by atoms with Gasteiger partial charge in [0.05, 0.1) is 5.02 Å². The molecule has 4 nitrogen and oxygen atoms in total. The quantitative estimate of drug-likeness (QED) is 0.913. The molecule has 0 atom stereocenters. The maximum absolute atomic E-state index is 13.2. The number of benzene rings is 1. The van der Waals surface area contributed by atoms with E-state index >= 15 is 0 Å². The maximum Gasteiger partial charge on any atom is 0.242 e. The molecule has 0 amide bonds. The lowest BCUT2D eigenvalue weighted by atomic mass is 10.3. The molecule has 0 aliphatic carbocycles. The van der Waals surface area contributed by atoms with Gasteiger partial charge in [-0.1, -0.05) is 11.6 Å². The third-order valence-electron chi connectivity index (χ3n) is 2.03. The molecule has 0 radical (unpaired) electrons. The van der Waals surface area contributed by atoms with Crippen LogP contribution in [0.25, 0.3) is 0 Å². The Labute approximate surface area is 102 Å². The monoisotopic (exact) mass is 253 g/mol. The van der Waals surface area contributed by atoms with E-state index in [1.54, 1.807) is 6.07 Å². The second-order valence-corrected chi connectivity index (χ2v) is 3.60. The van der Waals surface area contributed by atoms with Gasteiger partial charge < -0.3 is 10.5 Å². The van der Waals surface area contributed by atoms with Crippen LogP contribution in [0.3, 0.4) is 0 Å². The van der Waals surface area contributed by atoms with Crippen LogP contribution in [0.5, 0.6) is 11.6 Å². The average Bonchev–Trinajstić information content (AvgIpc) is 2.34. The summed E-state index contributed by atoms with van der Waals surface area (Å²) in [6.07, 6.45) is 2.98. The van der Waals surface area contributed by atoms with E-state index in [4.69, 9.17) is 22.1 Å². The van der Waals surface area contributed by atoms with Gasteiger partial charge in [-0.15, -0.1) is 0 Å². The van der Waals surface area contributed by atoms with Crippen LogP contribution in [0.1, 0.15) is 5.69 Å². The summed E-state index contributed by atoms with van der Waals surface area (Å²) in [5, 5.41) is 0.0375. The van der Waals surface area contributed by atoms with Gasteiger partial charge in [0, 0.05) is 25.0 Å². The van der Waals surface area contributed by atoms with Crippen LogP contribution >= 0.6 is 11.6 Å². The number of ether oxygens (including phenoxy) is 1. The highest BCUT2D eigenvalue weighted by atomic mass is 35.5. The van der Waals surface area contributed by atoms with E-state index in [1.165, 1.54) is 24.5 Å². The standard InChI is InChI=1S/C11H9ClFN3O/c12-8-2-1-7(5-9(8)13)17-11-10(6-14)15-3-4-16-11/h1-5H,6,14H2. The Balaban J connectivity index is 2.28. The average molecular weight is 254 g/mol. The molecule has 0 saturated carbocycles. The molecule has 0 aliphatic rings. The fourth-order valence-corrected chi connectivity index (χ4v) is 1.35. The molecule has 2 rings (SSSR count). The number of hydrogen-bond donors (Lipinski definition) is 1. The highest BCUT2D eigenvalue weighted by Gasteiger charge is 2.07. The lowest BCUT2D eigenvalue weighted by molar-refractivity contribution is 0.448. The minimum absolute atomic E-state index is 0.0375. The number of nitrogens with zero attached hydrogens (tertiary/aromatic N) is 2. The second-order valence-electron chi connectivity index (χ2n) is 3.19. The topological polar surface area (TPSA) is 61.0 Å². The summed E-state index contributed by atoms with van der Waals surface area (Å²) in [4.78, 5) is 7.98. The summed E-state index contributed by atoms with van der Waals surface area (Å²) in [6.45, 7) is 0.194. The summed E-state index contributed by atoms with van der Waals surface area (Å²) >= 11 is 5.56. The van der Waals surface area contributed by atoms with Gasteiger partial charge in [0.15, 0.2) is 0 Å². The van der Waals surface area contributed by atoms with Gasteiger partial charge in [0.25, 0.3) is 0 Å². The van der Waals surface area contributed by atoms with Gasteiger partial charge in [0.1, 0.15) is 17.3 Å². The Morgan fingerprint density at radius 2 is 2.06 bits per heavy atom. The van der Waals surface area contributed by atoms with Crippen molar-refractivity contribution < 1.29 is 9.13 Å². The van der Waals surface area contributed by atoms with E-state index in [9.17, 15) is 4.39 Å². The minimum Gasteiger partial charge on any atom is -0.437 e. The fourth-order valence-electron chi connectivity index (χ4n) is 1.23. The van der Waals surface area contributed by atoms with Crippen LogP contribution in [-0.2, 0) is 6.54 Å². The van der Waals surface area contributed by atoms with E-state index in [0.717, 1.165) is 0 Å². The van der Waals surface area contributed by atoms with Crippen molar-refractivity contribution in [1.29, 1.82) is 0 Å². The number of rotatable bonds is 3. The van der Waals surface area contributed by atoms with Crippen molar-refractivity contribution in [3.63, 3.8) is 0 Å². The third-order valence-corrected chi connectivity index (χ3v) is 2.34. The van der Waals surface area contributed by atoms with Crippen LogP contribution in [0.15, 0.2) is 30.6 Å². The number of nitrogens with two attached hydrogens (primary N) is 1. The summed E-state index contributed by atoms with van der Waals surface area (Å²) in [5.74, 6) is 0.00109. The van der Waals surface area contributed by atoms with Crippen molar-refractivity contribution in [2.75, 3.05) is 0 Å². The maximum atomic E-state index is 13.2. The predicted molar refractivity (Wildman–Crippen MR) is 61.4 cm³/mol. The van der Waals surface area contributed by atoms with Crippen LogP contribution < -0.4 is 10.5 Å². The smallest absolute Gasteiger partial charge is 0.242 e. The summed E-state index contributed by atoms with van der Waals surface area (Å²) in [7, 11) is 0. The predicted octanol–water partition coefficient (Wildman–Crippen LogP) is 2.52. The normalized spacial score (nSPS) is 10.3. The Bertz CT molecular complexity index is 536. The van der Waals surface area contributed by atoms with Gasteiger partial charge in [-0.05, 0) is 12.1 Å². The zero-order chi connectivity index (χ0) is 12.3. The first-order valence-corrected chi connectivity index (χ1v) is 5.21. The molecule has 2 aromatic rings. The van der Waals surface area contributed by atoms with Crippen LogP contribution in [0.2, 0.25) is 5.02 Å². The largest absolute Gasteiger partial charge is 0.437 e. The van der Waals surface area contributed by atoms with Crippen molar-refractivity contribution in [3.05, 3.63) is 47.1 Å². The SMILES string of the molecule is NCc1nccnc1Oc1ccc(Cl)c(F)c1. The molecule has 6 heteroatoms. The van der Waals surface area contributed by atoms with Gasteiger partial charge in [-0.2, -0.15) is 0 Å². The molecule has 0 saturated heterocycles. The molecule has 1 heterocycles. The zero-order valence-electron chi connectivity index (χ0n) is 8.73. The Morgan fingerprint density at radius 3 is 2.76 bits per heavy atom. The van der Waals surface area contributed by atoms with Crippen molar-refractivity contribution >= 4 is 11.6 Å². The molecule has 88 valence electrons. The molecule has 0 bridgehead atoms. The summed E-state index contributed by atoms with van der Waals surface area (Å²) < 4.78 is 18.6. The van der Waals surface area contributed by atoms with Crippen LogP contribution in [0, 0.1) is 5.82 Å². The van der Waals surface area contributed by atoms with Crippen molar-refractivity contribution in [3.8, 4) is 11.6 Å². The van der Waals surface area contributed by atoms with E-state index in [-0.39, 0.29) is 17.4 Å². The zero-order valence-corrected chi connectivity index (χ0v) is 9.49. The number of halogens is 2. The van der Waals surface area contributed by atoms with E-state index in [1.807, 2.05) is 0 Å². The van der Waals surface area contributed by atoms with Gasteiger partial charge in [-0.25, -0.2) is 9.37 Å². The van der Waals surface area contributed by atoms with Gasteiger partial charge in [0.2, 0.25) is 5.88 Å². The van der Waals surface area contributed by atoms with Crippen LogP contribution in [-0.4, -0.2) is 9.97 Å². The van der Waals surface area contributed by atoms with E-state index < -0.39 is 5.82 Å². The first kappa shape index (κ1) is 11.8. The molecular weight excluding hydrogens is 245 g/mol. The highest BCUT2D eigenvalue weighted by Crippen LogP contribution is 2.25. The molecule has 1 aromatic heterocycles. The van der Waals surface area contributed by atoms with Gasteiger partial charge >= 0.3 is 0 Å². The van der Waals surface area contributed by atoms with Crippen molar-refractivity contribution in [2.24, 2.45) is 5.73 Å². The molecule has 0 spiro atoms. The van der Waals surface area contributed by atoms with Gasteiger partial charge in [-0.3, -0.25) is 4.98 Å². The first-order valence-electron chi connectivity index (χ1n) is 4.83. The lowest BCUT2D eigenvalue weighted by Crippen LogP contribution is -2.03. The number of aromatic nitrogens is 2. The molecule has 0 unspecified atom stereocenters. The summed E-state index contributed by atoms with van der Waals surface area (Å²) in [5.41, 5.74) is 5.98.